The van der Waals surface area contributed by atoms with Crippen molar-refractivity contribution in [2.24, 2.45) is 0 Å². The fraction of sp³-hybridized carbons (Fsp3) is 0.0714. The molecule has 0 saturated carbocycles. The molecule has 2 aromatic carbocycles. The van der Waals surface area contributed by atoms with Crippen LogP contribution >= 0.6 is 15.9 Å². The molecule has 3 N–H and O–H groups in total. The Morgan fingerprint density at radius 3 is 2.52 bits per heavy atom. The Bertz CT molecular complexity index is 775. The summed E-state index contributed by atoms with van der Waals surface area (Å²) in [4.78, 5) is 11.9. The average Bonchev–Trinajstić information content (AvgIpc) is 2.37. The summed E-state index contributed by atoms with van der Waals surface area (Å²) >= 11 is 3.27. The van der Waals surface area contributed by atoms with E-state index in [1.54, 1.807) is 30.3 Å². The number of sulfone groups is 1. The van der Waals surface area contributed by atoms with Crippen LogP contribution < -0.4 is 11.1 Å². The first-order valence-electron chi connectivity index (χ1n) is 6.00. The van der Waals surface area contributed by atoms with Gasteiger partial charge in [-0.15, -0.1) is 0 Å². The number of hydrogen-bond acceptors (Lipinski definition) is 4. The smallest absolute Gasteiger partial charge is 0.239 e. The highest BCUT2D eigenvalue weighted by molar-refractivity contribution is 9.10. The Labute approximate surface area is 131 Å². The summed E-state index contributed by atoms with van der Waals surface area (Å²) in [6.45, 7) is 0. The second-order valence-electron chi connectivity index (χ2n) is 4.39. The molecule has 21 heavy (non-hydrogen) atoms. The number of anilines is 2. The number of nitrogens with one attached hydrogen (secondary N) is 1. The van der Waals surface area contributed by atoms with E-state index in [9.17, 15) is 13.2 Å². The van der Waals surface area contributed by atoms with Crippen LogP contribution in [0.25, 0.3) is 0 Å². The van der Waals surface area contributed by atoms with Gasteiger partial charge in [0.2, 0.25) is 5.91 Å². The minimum atomic E-state index is -3.72. The molecule has 0 aliphatic carbocycles. The van der Waals surface area contributed by atoms with Crippen molar-refractivity contribution >= 4 is 43.0 Å². The van der Waals surface area contributed by atoms with Gasteiger partial charge in [0.05, 0.1) is 4.90 Å². The number of rotatable bonds is 4. The summed E-state index contributed by atoms with van der Waals surface area (Å²) in [6, 6.07) is 12.8. The molecule has 0 unspecified atom stereocenters. The molecule has 0 bridgehead atoms. The number of amides is 1. The first-order chi connectivity index (χ1) is 9.87. The van der Waals surface area contributed by atoms with E-state index in [1.165, 1.54) is 18.2 Å². The fourth-order valence-electron chi connectivity index (χ4n) is 1.73. The summed E-state index contributed by atoms with van der Waals surface area (Å²) in [6.07, 6.45) is 0. The highest BCUT2D eigenvalue weighted by Crippen LogP contribution is 2.17. The zero-order valence-corrected chi connectivity index (χ0v) is 13.3. The number of nitrogens with two attached hydrogens (primary N) is 1. The molecular weight excluding hydrogens is 356 g/mol. The Morgan fingerprint density at radius 2 is 1.86 bits per heavy atom. The highest BCUT2D eigenvalue weighted by atomic mass is 79.9. The van der Waals surface area contributed by atoms with Crippen molar-refractivity contribution in [3.8, 4) is 0 Å². The van der Waals surface area contributed by atoms with Crippen molar-refractivity contribution in [1.29, 1.82) is 0 Å². The average molecular weight is 369 g/mol. The largest absolute Gasteiger partial charge is 0.399 e. The van der Waals surface area contributed by atoms with Crippen LogP contribution in [0.2, 0.25) is 0 Å². The second kappa shape index (κ2) is 6.28. The van der Waals surface area contributed by atoms with Crippen LogP contribution in [0.5, 0.6) is 0 Å². The van der Waals surface area contributed by atoms with Crippen LogP contribution in [0, 0.1) is 0 Å². The topological polar surface area (TPSA) is 89.3 Å². The predicted molar refractivity (Wildman–Crippen MR) is 85.7 cm³/mol. The Kier molecular flexibility index (Phi) is 4.64. The molecule has 5 nitrogen and oxygen atoms in total. The number of carbonyl (C=O) groups excluding carboxylic acids is 1. The Hall–Kier alpha value is -1.86. The van der Waals surface area contributed by atoms with E-state index >= 15 is 0 Å². The van der Waals surface area contributed by atoms with Gasteiger partial charge in [0, 0.05) is 15.8 Å². The maximum atomic E-state index is 12.1. The summed E-state index contributed by atoms with van der Waals surface area (Å²) < 4.78 is 25.0. The van der Waals surface area contributed by atoms with Gasteiger partial charge in [0.25, 0.3) is 0 Å². The van der Waals surface area contributed by atoms with Crippen molar-refractivity contribution in [3.05, 3.63) is 53.0 Å². The fourth-order valence-corrected chi connectivity index (χ4v) is 3.31. The van der Waals surface area contributed by atoms with Gasteiger partial charge in [-0.05, 0) is 36.4 Å². The predicted octanol–water partition coefficient (Wildman–Crippen LogP) is 2.44. The third-order valence-corrected chi connectivity index (χ3v) is 4.75. The van der Waals surface area contributed by atoms with Gasteiger partial charge in [-0.1, -0.05) is 28.1 Å². The van der Waals surface area contributed by atoms with Crippen molar-refractivity contribution in [2.75, 3.05) is 16.8 Å². The van der Waals surface area contributed by atoms with E-state index in [2.05, 4.69) is 21.2 Å². The third kappa shape index (κ3) is 4.30. The second-order valence-corrected chi connectivity index (χ2v) is 7.30. The minimum absolute atomic E-state index is 0.0342. The molecule has 0 aromatic heterocycles. The molecule has 0 radical (unpaired) electrons. The first kappa shape index (κ1) is 15.5. The molecule has 2 aromatic rings. The number of hydrogen-bond donors (Lipinski definition) is 2. The molecule has 0 fully saturated rings. The number of carbonyl (C=O) groups is 1. The van der Waals surface area contributed by atoms with E-state index in [1.807, 2.05) is 0 Å². The lowest BCUT2D eigenvalue weighted by Crippen LogP contribution is -2.23. The molecule has 1 amide bonds. The van der Waals surface area contributed by atoms with Gasteiger partial charge >= 0.3 is 0 Å². The monoisotopic (exact) mass is 368 g/mol. The molecule has 7 heteroatoms. The zero-order chi connectivity index (χ0) is 15.5. The lowest BCUT2D eigenvalue weighted by atomic mass is 10.3. The third-order valence-electron chi connectivity index (χ3n) is 2.65. The quantitative estimate of drug-likeness (QED) is 0.811. The molecule has 0 aliphatic heterocycles. The van der Waals surface area contributed by atoms with E-state index in [0.29, 0.717) is 11.4 Å². The van der Waals surface area contributed by atoms with E-state index < -0.39 is 21.5 Å². The summed E-state index contributed by atoms with van der Waals surface area (Å²) in [5.74, 6) is -1.24. The van der Waals surface area contributed by atoms with Crippen molar-refractivity contribution in [3.63, 3.8) is 0 Å². The molecule has 0 atom stereocenters. The Morgan fingerprint density at radius 1 is 1.14 bits per heavy atom. The maximum absolute atomic E-state index is 12.1. The zero-order valence-electron chi connectivity index (χ0n) is 10.9. The Balaban J connectivity index is 2.12. The standard InChI is InChI=1S/C14H13BrN2O3S/c15-10-3-1-5-12(7-10)17-14(18)9-21(19,20)13-6-2-4-11(16)8-13/h1-8H,9,16H2,(H,17,18). The van der Waals surface area contributed by atoms with Crippen molar-refractivity contribution in [2.45, 2.75) is 4.90 Å². The summed E-state index contributed by atoms with van der Waals surface area (Å²) in [5, 5.41) is 2.54. The number of benzene rings is 2. The van der Waals surface area contributed by atoms with Crippen LogP contribution in [-0.2, 0) is 14.6 Å². The summed E-state index contributed by atoms with van der Waals surface area (Å²) in [5.41, 5.74) is 6.42. The van der Waals surface area contributed by atoms with E-state index in [0.717, 1.165) is 4.47 Å². The lowest BCUT2D eigenvalue weighted by molar-refractivity contribution is -0.113. The van der Waals surface area contributed by atoms with Crippen LogP contribution in [0.1, 0.15) is 0 Å². The molecule has 0 saturated heterocycles. The normalized spacial score (nSPS) is 11.1. The van der Waals surface area contributed by atoms with Crippen molar-refractivity contribution < 1.29 is 13.2 Å². The molecule has 0 aliphatic rings. The molecular formula is C14H13BrN2O3S. The van der Waals surface area contributed by atoms with Gasteiger partial charge in [-0.3, -0.25) is 4.79 Å². The van der Waals surface area contributed by atoms with Crippen LogP contribution in [0.3, 0.4) is 0 Å². The van der Waals surface area contributed by atoms with Gasteiger partial charge in [-0.25, -0.2) is 8.42 Å². The van der Waals surface area contributed by atoms with Gasteiger partial charge in [-0.2, -0.15) is 0 Å². The van der Waals surface area contributed by atoms with Crippen LogP contribution in [0.4, 0.5) is 11.4 Å². The molecule has 0 heterocycles. The molecule has 2 rings (SSSR count). The highest BCUT2D eigenvalue weighted by Gasteiger charge is 2.19. The van der Waals surface area contributed by atoms with E-state index in [4.69, 9.17) is 5.73 Å². The first-order valence-corrected chi connectivity index (χ1v) is 8.45. The van der Waals surface area contributed by atoms with Gasteiger partial charge in [0.15, 0.2) is 9.84 Å². The van der Waals surface area contributed by atoms with Gasteiger partial charge < -0.3 is 11.1 Å². The van der Waals surface area contributed by atoms with Crippen molar-refractivity contribution in [1.82, 2.24) is 0 Å². The molecule has 110 valence electrons. The van der Waals surface area contributed by atoms with Gasteiger partial charge in [0.1, 0.15) is 5.75 Å². The molecule has 0 spiro atoms. The van der Waals surface area contributed by atoms with Crippen LogP contribution in [0.15, 0.2) is 57.9 Å². The minimum Gasteiger partial charge on any atom is -0.399 e. The SMILES string of the molecule is Nc1cccc(S(=O)(=O)CC(=O)Nc2cccc(Br)c2)c1. The maximum Gasteiger partial charge on any atom is 0.239 e. The van der Waals surface area contributed by atoms with E-state index in [-0.39, 0.29) is 4.90 Å². The number of halogens is 1. The number of nitrogen functional groups attached to an aromatic ring is 1. The lowest BCUT2D eigenvalue weighted by Gasteiger charge is -2.07. The summed E-state index contributed by atoms with van der Waals surface area (Å²) in [7, 11) is -3.72. The van der Waals surface area contributed by atoms with Crippen LogP contribution in [-0.4, -0.2) is 20.1 Å².